The van der Waals surface area contributed by atoms with E-state index in [1.807, 2.05) is 36.2 Å². The minimum absolute atomic E-state index is 0.167. The van der Waals surface area contributed by atoms with Crippen molar-refractivity contribution in [1.29, 1.82) is 0 Å². The summed E-state index contributed by atoms with van der Waals surface area (Å²) in [4.78, 5) is 2.04. The van der Waals surface area contributed by atoms with E-state index in [9.17, 15) is 8.42 Å². The van der Waals surface area contributed by atoms with Crippen molar-refractivity contribution in [3.05, 3.63) is 48.5 Å². The lowest BCUT2D eigenvalue weighted by molar-refractivity contribution is 0.0784. The lowest BCUT2D eigenvalue weighted by Gasteiger charge is -2.30. The van der Waals surface area contributed by atoms with Gasteiger partial charge in [-0.05, 0) is 42.5 Å². The topological polar surface area (TPSA) is 71.1 Å². The van der Waals surface area contributed by atoms with Crippen LogP contribution < -0.4 is 14.8 Å². The van der Waals surface area contributed by atoms with Crippen molar-refractivity contribution in [3.63, 3.8) is 0 Å². The minimum atomic E-state index is -3.51. The van der Waals surface area contributed by atoms with Crippen LogP contribution in [-0.4, -0.2) is 63.1 Å². The van der Waals surface area contributed by atoms with E-state index in [4.69, 9.17) is 21.7 Å². The van der Waals surface area contributed by atoms with Gasteiger partial charge < -0.3 is 19.7 Å². The van der Waals surface area contributed by atoms with Gasteiger partial charge in [-0.2, -0.15) is 0 Å². The summed E-state index contributed by atoms with van der Waals surface area (Å²) in [5, 5.41) is 3.54. The Hall–Kier alpha value is -2.36. The van der Waals surface area contributed by atoms with Crippen LogP contribution in [0.25, 0.3) is 0 Å². The van der Waals surface area contributed by atoms with E-state index in [1.165, 1.54) is 18.4 Å². The number of thiocarbonyl (C=S) groups is 1. The molecule has 1 atom stereocenters. The zero-order chi connectivity index (χ0) is 20.3. The molecular formula is C19H23N3O4S2. The minimum Gasteiger partial charge on any atom is -0.486 e. The smallest absolute Gasteiger partial charge is 0.242 e. The molecule has 0 bridgehead atoms. The number of rotatable bonds is 5. The van der Waals surface area contributed by atoms with E-state index in [2.05, 4.69) is 5.32 Å². The van der Waals surface area contributed by atoms with Gasteiger partial charge in [0.05, 0.1) is 11.4 Å². The van der Waals surface area contributed by atoms with Crippen LogP contribution in [-0.2, 0) is 10.0 Å². The molecule has 1 heterocycles. The van der Waals surface area contributed by atoms with E-state index in [0.29, 0.717) is 29.7 Å². The van der Waals surface area contributed by atoms with Gasteiger partial charge in [0.2, 0.25) is 10.0 Å². The average Bonchev–Trinajstić information content (AvgIpc) is 2.68. The first kappa shape index (κ1) is 20.4. The number of likely N-dealkylation sites (N-methyl/N-ethyl adjacent to an activating group) is 1. The fourth-order valence-electron chi connectivity index (χ4n) is 2.71. The molecule has 0 radical (unpaired) electrons. The van der Waals surface area contributed by atoms with Crippen LogP contribution >= 0.6 is 12.2 Å². The molecule has 3 rings (SSSR count). The first-order chi connectivity index (χ1) is 13.3. The van der Waals surface area contributed by atoms with E-state index < -0.39 is 10.0 Å². The third-order valence-corrected chi connectivity index (χ3v) is 6.48. The quantitative estimate of drug-likeness (QED) is 0.744. The van der Waals surface area contributed by atoms with Gasteiger partial charge in [-0.15, -0.1) is 0 Å². The van der Waals surface area contributed by atoms with Crippen LogP contribution in [0.15, 0.2) is 53.4 Å². The fourth-order valence-corrected chi connectivity index (χ4v) is 3.85. The normalized spacial score (nSPS) is 15.9. The fraction of sp³-hybridized carbons (Fsp3) is 0.316. The first-order valence-electron chi connectivity index (χ1n) is 8.70. The molecule has 2 aromatic rings. The maximum absolute atomic E-state index is 12.3. The number of hydrogen-bond donors (Lipinski definition) is 1. The number of nitrogens with zero attached hydrogens (tertiary/aromatic N) is 2. The van der Waals surface area contributed by atoms with Crippen molar-refractivity contribution < 1.29 is 17.9 Å². The number of anilines is 1. The van der Waals surface area contributed by atoms with Gasteiger partial charge in [0.1, 0.15) is 6.61 Å². The Bertz CT molecular complexity index is 963. The number of fused-ring (bicyclic) bond motifs is 1. The molecule has 1 aliphatic rings. The second-order valence-corrected chi connectivity index (χ2v) is 9.16. The second kappa shape index (κ2) is 8.34. The van der Waals surface area contributed by atoms with Crippen molar-refractivity contribution >= 4 is 33.0 Å². The Morgan fingerprint density at radius 3 is 2.57 bits per heavy atom. The predicted molar refractivity (Wildman–Crippen MR) is 113 cm³/mol. The molecule has 0 saturated heterocycles. The highest BCUT2D eigenvalue weighted by Crippen LogP contribution is 2.31. The summed E-state index contributed by atoms with van der Waals surface area (Å²) in [5.41, 5.74) is 0.603. The molecule has 7 nitrogen and oxygen atoms in total. The Morgan fingerprint density at radius 1 is 1.14 bits per heavy atom. The van der Waals surface area contributed by atoms with Crippen molar-refractivity contribution in [2.24, 2.45) is 0 Å². The lowest BCUT2D eigenvalue weighted by Crippen LogP contribution is -2.43. The molecule has 9 heteroatoms. The summed E-state index contributed by atoms with van der Waals surface area (Å²) >= 11 is 5.45. The molecule has 0 spiro atoms. The van der Waals surface area contributed by atoms with E-state index >= 15 is 0 Å². The predicted octanol–water partition coefficient (Wildman–Crippen LogP) is 2.41. The van der Waals surface area contributed by atoms with Gasteiger partial charge in [0.15, 0.2) is 22.7 Å². The molecule has 2 aromatic carbocycles. The van der Waals surface area contributed by atoms with Gasteiger partial charge in [-0.1, -0.05) is 18.2 Å². The molecule has 0 aromatic heterocycles. The molecule has 1 aliphatic heterocycles. The summed E-state index contributed by atoms with van der Waals surface area (Å²) in [6.07, 6.45) is -0.167. The Kier molecular flexibility index (Phi) is 6.07. The van der Waals surface area contributed by atoms with Gasteiger partial charge in [0.25, 0.3) is 0 Å². The van der Waals surface area contributed by atoms with Gasteiger partial charge >= 0.3 is 0 Å². The standard InChI is InChI=1S/C19H23N3O4S2/c1-21(2)28(23,24)16-8-6-7-14(11-16)20-19(27)22(3)12-15-13-25-17-9-4-5-10-18(17)26-15/h4-11,15H,12-13H2,1-3H3,(H,20,27)/t15-/m0/s1. The largest absolute Gasteiger partial charge is 0.486 e. The van der Waals surface area contributed by atoms with Crippen LogP contribution in [0, 0.1) is 0 Å². The molecule has 150 valence electrons. The van der Waals surface area contributed by atoms with E-state index in [1.54, 1.807) is 24.3 Å². The highest BCUT2D eigenvalue weighted by Gasteiger charge is 2.23. The maximum Gasteiger partial charge on any atom is 0.242 e. The Labute approximate surface area is 170 Å². The number of hydrogen-bond acceptors (Lipinski definition) is 5. The summed E-state index contributed by atoms with van der Waals surface area (Å²) < 4.78 is 37.4. The summed E-state index contributed by atoms with van der Waals surface area (Å²) in [7, 11) is 1.34. The van der Waals surface area contributed by atoms with Crippen LogP contribution in [0.5, 0.6) is 11.5 Å². The number of sulfonamides is 1. The van der Waals surface area contributed by atoms with Crippen LogP contribution in [0.1, 0.15) is 0 Å². The van der Waals surface area contributed by atoms with Crippen molar-refractivity contribution in [3.8, 4) is 11.5 Å². The van der Waals surface area contributed by atoms with E-state index in [0.717, 1.165) is 5.75 Å². The van der Waals surface area contributed by atoms with Crippen molar-refractivity contribution in [2.45, 2.75) is 11.0 Å². The van der Waals surface area contributed by atoms with Crippen LogP contribution in [0.3, 0.4) is 0 Å². The Morgan fingerprint density at radius 2 is 1.86 bits per heavy atom. The zero-order valence-corrected chi connectivity index (χ0v) is 17.6. The highest BCUT2D eigenvalue weighted by molar-refractivity contribution is 7.89. The summed E-state index contributed by atoms with van der Waals surface area (Å²) in [6, 6.07) is 14.1. The highest BCUT2D eigenvalue weighted by atomic mass is 32.2. The first-order valence-corrected chi connectivity index (χ1v) is 10.6. The molecule has 28 heavy (non-hydrogen) atoms. The molecule has 1 N–H and O–H groups in total. The van der Waals surface area contributed by atoms with Gasteiger partial charge in [0, 0.05) is 26.8 Å². The number of para-hydroxylation sites is 2. The molecule has 0 aliphatic carbocycles. The second-order valence-electron chi connectivity index (χ2n) is 6.62. The van der Waals surface area contributed by atoms with Crippen LogP contribution in [0.2, 0.25) is 0 Å². The third kappa shape index (κ3) is 4.54. The third-order valence-electron chi connectivity index (χ3n) is 4.26. The number of benzene rings is 2. The molecule has 0 amide bonds. The van der Waals surface area contributed by atoms with Gasteiger partial charge in [-0.25, -0.2) is 12.7 Å². The van der Waals surface area contributed by atoms with Crippen molar-refractivity contribution in [1.82, 2.24) is 9.21 Å². The molecular weight excluding hydrogens is 398 g/mol. The lowest BCUT2D eigenvalue weighted by atomic mass is 10.2. The zero-order valence-electron chi connectivity index (χ0n) is 16.0. The summed E-state index contributed by atoms with van der Waals surface area (Å²) in [5.74, 6) is 1.45. The Balaban J connectivity index is 1.62. The van der Waals surface area contributed by atoms with E-state index in [-0.39, 0.29) is 11.0 Å². The van der Waals surface area contributed by atoms with Crippen LogP contribution in [0.4, 0.5) is 5.69 Å². The number of ether oxygens (including phenoxy) is 2. The average molecular weight is 422 g/mol. The maximum atomic E-state index is 12.3. The molecule has 0 fully saturated rings. The molecule has 0 unspecified atom stereocenters. The van der Waals surface area contributed by atoms with Crippen molar-refractivity contribution in [2.75, 3.05) is 39.6 Å². The summed E-state index contributed by atoms with van der Waals surface area (Å²) in [6.45, 7) is 0.955. The monoisotopic (exact) mass is 421 g/mol. The van der Waals surface area contributed by atoms with Gasteiger partial charge in [-0.3, -0.25) is 0 Å². The molecule has 0 saturated carbocycles. The number of nitrogens with one attached hydrogen (secondary N) is 1. The SMILES string of the molecule is CN(C[C@H]1COc2ccccc2O1)C(=S)Nc1cccc(S(=O)(=O)N(C)C)c1.